The van der Waals surface area contributed by atoms with Crippen molar-refractivity contribution in [1.29, 1.82) is 0 Å². The molecular weight excluding hydrogens is 546 g/mol. The highest BCUT2D eigenvalue weighted by Gasteiger charge is 2.52. The molecule has 5 N–H and O–H groups in total. The number of rotatable bonds is 6. The van der Waals surface area contributed by atoms with Crippen molar-refractivity contribution in [2.45, 2.75) is 173 Å². The monoisotopic (exact) mass is 605 g/mol. The summed E-state index contributed by atoms with van der Waals surface area (Å²) in [5, 5.41) is 44.4. The molecule has 0 amide bonds. The lowest BCUT2D eigenvalue weighted by Gasteiger charge is -2.58. The SMILES string of the molecule is CNc1nc(NC2CC(C)(C)N(O)C(C)(C)C2)nc(N(C2CC(C)(C)N(O)C(C)(C)C2)C2CC(C)(C)N(O)C(C)(C)C2)n1. The molecule has 0 unspecified atom stereocenters. The number of hydrogen-bond donors (Lipinski definition) is 5. The van der Waals surface area contributed by atoms with Crippen LogP contribution in [0.5, 0.6) is 0 Å². The average molecular weight is 606 g/mol. The van der Waals surface area contributed by atoms with Crippen LogP contribution in [0, 0.1) is 0 Å². The zero-order valence-electron chi connectivity index (χ0n) is 28.9. The van der Waals surface area contributed by atoms with Gasteiger partial charge in [-0.1, -0.05) is 0 Å². The number of nitrogens with one attached hydrogen (secondary N) is 2. The van der Waals surface area contributed by atoms with Gasteiger partial charge in [0.05, 0.1) is 0 Å². The van der Waals surface area contributed by atoms with E-state index in [1.807, 2.05) is 7.05 Å². The van der Waals surface area contributed by atoms with Gasteiger partial charge in [0, 0.05) is 58.4 Å². The fraction of sp³-hybridized carbons (Fsp3) is 0.903. The molecule has 43 heavy (non-hydrogen) atoms. The van der Waals surface area contributed by atoms with Gasteiger partial charge in [-0.2, -0.15) is 30.1 Å². The fourth-order valence-corrected chi connectivity index (χ4v) is 8.67. The molecule has 3 aliphatic rings. The summed E-state index contributed by atoms with van der Waals surface area (Å²) < 4.78 is 0. The Morgan fingerprint density at radius 2 is 0.884 bits per heavy atom. The van der Waals surface area contributed by atoms with E-state index in [0.717, 1.165) is 12.8 Å². The van der Waals surface area contributed by atoms with Crippen LogP contribution in [0.4, 0.5) is 17.8 Å². The summed E-state index contributed by atoms with van der Waals surface area (Å²) in [6.45, 7) is 24.9. The van der Waals surface area contributed by atoms with Crippen LogP contribution in [0.25, 0.3) is 0 Å². The Kier molecular flexibility index (Phi) is 8.64. The predicted octanol–water partition coefficient (Wildman–Crippen LogP) is 5.36. The molecule has 0 spiro atoms. The molecule has 0 saturated carbocycles. The molecule has 3 fully saturated rings. The van der Waals surface area contributed by atoms with Gasteiger partial charge in [-0.15, -0.1) is 0 Å². The third kappa shape index (κ3) is 6.60. The van der Waals surface area contributed by atoms with Gasteiger partial charge < -0.3 is 31.2 Å². The Morgan fingerprint density at radius 1 is 0.558 bits per heavy atom. The molecule has 0 aliphatic carbocycles. The maximum atomic E-state index is 11.2. The van der Waals surface area contributed by atoms with Gasteiger partial charge in [0.15, 0.2) is 0 Å². The maximum Gasteiger partial charge on any atom is 0.232 e. The number of hydrogen-bond acceptors (Lipinski definition) is 12. The van der Waals surface area contributed by atoms with Gasteiger partial charge in [-0.25, -0.2) is 0 Å². The van der Waals surface area contributed by atoms with Crippen LogP contribution in [-0.4, -0.2) is 104 Å². The first kappa shape index (κ1) is 34.1. The highest BCUT2D eigenvalue weighted by Crippen LogP contribution is 2.45. The van der Waals surface area contributed by atoms with Crippen molar-refractivity contribution in [2.75, 3.05) is 22.6 Å². The van der Waals surface area contributed by atoms with Crippen molar-refractivity contribution in [2.24, 2.45) is 0 Å². The van der Waals surface area contributed by atoms with Crippen LogP contribution < -0.4 is 15.5 Å². The minimum absolute atomic E-state index is 0.0330. The van der Waals surface area contributed by atoms with E-state index < -0.39 is 33.2 Å². The second-order valence-electron chi connectivity index (χ2n) is 17.1. The molecular formula is C31H59N9O3. The van der Waals surface area contributed by atoms with Crippen LogP contribution in [-0.2, 0) is 0 Å². The minimum Gasteiger partial charge on any atom is -0.357 e. The normalized spacial score (nSPS) is 28.0. The molecule has 4 rings (SSSR count). The van der Waals surface area contributed by atoms with Crippen molar-refractivity contribution in [1.82, 2.24) is 30.1 Å². The Hall–Kier alpha value is -1.83. The maximum absolute atomic E-state index is 11.2. The van der Waals surface area contributed by atoms with E-state index in [1.54, 1.807) is 0 Å². The molecule has 3 aliphatic heterocycles. The first-order valence-corrected chi connectivity index (χ1v) is 15.9. The zero-order chi connectivity index (χ0) is 32.6. The smallest absolute Gasteiger partial charge is 0.232 e. The van der Waals surface area contributed by atoms with Crippen molar-refractivity contribution >= 4 is 17.8 Å². The standard InChI is InChI=1S/C31H59N9O3/c1-26(2)14-20(15-27(3,4)38(26)41)33-24-34-23(32-13)35-25(36-24)37(21-16-28(5,6)39(42)29(7,8)17-21)22-18-30(9,10)40(43)31(11,12)19-22/h20-22,41-43H,14-19H2,1-13H3,(H2,32,33,34,35,36). The Morgan fingerprint density at radius 3 is 1.23 bits per heavy atom. The van der Waals surface area contributed by atoms with Crippen LogP contribution >= 0.6 is 0 Å². The first-order chi connectivity index (χ1) is 19.4. The summed E-state index contributed by atoms with van der Waals surface area (Å²) in [6.07, 6.45) is 4.31. The summed E-state index contributed by atoms with van der Waals surface area (Å²) in [5.41, 5.74) is -2.72. The molecule has 246 valence electrons. The quantitative estimate of drug-likeness (QED) is 0.285. The van der Waals surface area contributed by atoms with Crippen molar-refractivity contribution in [3.8, 4) is 0 Å². The third-order valence-corrected chi connectivity index (χ3v) is 10.1. The van der Waals surface area contributed by atoms with Crippen molar-refractivity contribution in [3.05, 3.63) is 0 Å². The van der Waals surface area contributed by atoms with Gasteiger partial charge in [0.25, 0.3) is 0 Å². The first-order valence-electron chi connectivity index (χ1n) is 15.9. The van der Waals surface area contributed by atoms with Crippen LogP contribution in [0.2, 0.25) is 0 Å². The van der Waals surface area contributed by atoms with Gasteiger partial charge >= 0.3 is 0 Å². The fourth-order valence-electron chi connectivity index (χ4n) is 8.67. The van der Waals surface area contributed by atoms with Gasteiger partial charge in [0.1, 0.15) is 0 Å². The van der Waals surface area contributed by atoms with E-state index in [0.29, 0.717) is 43.5 Å². The van der Waals surface area contributed by atoms with E-state index in [9.17, 15) is 15.6 Å². The Bertz CT molecular complexity index is 1070. The number of nitrogens with zero attached hydrogens (tertiary/aromatic N) is 7. The largest absolute Gasteiger partial charge is 0.357 e. The van der Waals surface area contributed by atoms with Crippen LogP contribution in [0.1, 0.15) is 122 Å². The molecule has 0 bridgehead atoms. The Balaban J connectivity index is 1.79. The third-order valence-electron chi connectivity index (χ3n) is 10.1. The molecule has 4 heterocycles. The van der Waals surface area contributed by atoms with E-state index >= 15 is 0 Å². The number of anilines is 3. The molecule has 1 aromatic rings. The van der Waals surface area contributed by atoms with Gasteiger partial charge in [0.2, 0.25) is 17.8 Å². The summed E-state index contributed by atoms with van der Waals surface area (Å²) in [4.78, 5) is 17.1. The molecule has 0 aromatic carbocycles. The predicted molar refractivity (Wildman–Crippen MR) is 170 cm³/mol. The van der Waals surface area contributed by atoms with E-state index in [1.165, 1.54) is 15.2 Å². The van der Waals surface area contributed by atoms with E-state index in [-0.39, 0.29) is 18.1 Å². The molecule has 12 heteroatoms. The van der Waals surface area contributed by atoms with Crippen LogP contribution in [0.15, 0.2) is 0 Å². The topological polar surface area (TPSA) is 136 Å². The summed E-state index contributed by atoms with van der Waals surface area (Å²) in [5.74, 6) is 1.57. The summed E-state index contributed by atoms with van der Waals surface area (Å²) in [7, 11) is 1.82. The van der Waals surface area contributed by atoms with E-state index in [2.05, 4.69) is 98.6 Å². The number of aromatic nitrogens is 3. The van der Waals surface area contributed by atoms with Crippen molar-refractivity contribution in [3.63, 3.8) is 0 Å². The molecule has 3 saturated heterocycles. The van der Waals surface area contributed by atoms with Gasteiger partial charge in [-0.3, -0.25) is 0 Å². The van der Waals surface area contributed by atoms with Crippen molar-refractivity contribution < 1.29 is 15.6 Å². The molecule has 0 radical (unpaired) electrons. The summed E-state index contributed by atoms with van der Waals surface area (Å²) >= 11 is 0. The number of piperidine rings is 3. The van der Waals surface area contributed by atoms with E-state index in [4.69, 9.17) is 15.0 Å². The highest BCUT2D eigenvalue weighted by molar-refractivity contribution is 5.46. The molecule has 1 aromatic heterocycles. The van der Waals surface area contributed by atoms with Gasteiger partial charge in [-0.05, 0) is 122 Å². The molecule has 12 nitrogen and oxygen atoms in total. The lowest BCUT2D eigenvalue weighted by Crippen LogP contribution is -2.67. The second kappa shape index (κ2) is 10.9. The number of hydroxylamine groups is 6. The highest BCUT2D eigenvalue weighted by atomic mass is 16.5. The lowest BCUT2D eigenvalue weighted by molar-refractivity contribution is -0.251. The van der Waals surface area contributed by atoms with Crippen LogP contribution in [0.3, 0.4) is 0 Å². The molecule has 0 atom stereocenters. The lowest BCUT2D eigenvalue weighted by atomic mass is 9.75. The average Bonchev–Trinajstić information content (AvgIpc) is 2.83. The minimum atomic E-state index is -0.469. The second-order valence-corrected chi connectivity index (χ2v) is 17.1. The Labute approximate surface area is 259 Å². The zero-order valence-corrected chi connectivity index (χ0v) is 28.9. The summed E-state index contributed by atoms with van der Waals surface area (Å²) in [6, 6.07) is 0.115.